The highest BCUT2D eigenvalue weighted by Crippen LogP contribution is 2.10. The SMILES string of the molecule is Cn1ccc(Cc2ccccc2F)n1. The van der Waals surface area contributed by atoms with Gasteiger partial charge in [0.2, 0.25) is 0 Å². The van der Waals surface area contributed by atoms with Gasteiger partial charge >= 0.3 is 0 Å². The maximum Gasteiger partial charge on any atom is 0.126 e. The van der Waals surface area contributed by atoms with Crippen LogP contribution in [0.3, 0.4) is 0 Å². The van der Waals surface area contributed by atoms with Gasteiger partial charge in [0.1, 0.15) is 5.82 Å². The Kier molecular flexibility index (Phi) is 2.31. The molecule has 1 aromatic carbocycles. The van der Waals surface area contributed by atoms with Crippen LogP contribution in [0.15, 0.2) is 36.5 Å². The van der Waals surface area contributed by atoms with E-state index in [1.54, 1.807) is 16.8 Å². The molecule has 0 aliphatic rings. The van der Waals surface area contributed by atoms with Gasteiger partial charge in [-0.05, 0) is 17.7 Å². The Morgan fingerprint density at radius 3 is 2.71 bits per heavy atom. The number of aromatic nitrogens is 2. The third kappa shape index (κ3) is 1.82. The third-order valence-corrected chi connectivity index (χ3v) is 2.10. The topological polar surface area (TPSA) is 17.8 Å². The number of hydrogen-bond acceptors (Lipinski definition) is 1. The molecule has 0 bridgehead atoms. The third-order valence-electron chi connectivity index (χ3n) is 2.10. The Morgan fingerprint density at radius 2 is 2.07 bits per heavy atom. The summed E-state index contributed by atoms with van der Waals surface area (Å²) < 4.78 is 15.0. The highest BCUT2D eigenvalue weighted by atomic mass is 19.1. The van der Waals surface area contributed by atoms with Gasteiger partial charge in [0.05, 0.1) is 5.69 Å². The van der Waals surface area contributed by atoms with Crippen molar-refractivity contribution < 1.29 is 4.39 Å². The predicted octanol–water partition coefficient (Wildman–Crippen LogP) is 2.15. The minimum atomic E-state index is -0.168. The van der Waals surface area contributed by atoms with Gasteiger partial charge in [0, 0.05) is 19.7 Å². The second-order valence-corrected chi connectivity index (χ2v) is 3.25. The molecule has 0 saturated heterocycles. The van der Waals surface area contributed by atoms with Crippen molar-refractivity contribution in [2.24, 2.45) is 7.05 Å². The molecule has 2 aromatic rings. The van der Waals surface area contributed by atoms with E-state index in [1.807, 2.05) is 25.4 Å². The molecule has 3 heteroatoms. The Balaban J connectivity index is 2.23. The Bertz CT molecular complexity index is 434. The molecule has 0 aliphatic heterocycles. The van der Waals surface area contributed by atoms with Crippen molar-refractivity contribution in [1.82, 2.24) is 9.78 Å². The lowest BCUT2D eigenvalue weighted by molar-refractivity contribution is 0.612. The molecule has 0 amide bonds. The normalized spacial score (nSPS) is 10.4. The summed E-state index contributed by atoms with van der Waals surface area (Å²) in [6.07, 6.45) is 2.41. The lowest BCUT2D eigenvalue weighted by Crippen LogP contribution is -1.95. The number of benzene rings is 1. The highest BCUT2D eigenvalue weighted by molar-refractivity contribution is 5.22. The van der Waals surface area contributed by atoms with E-state index in [0.29, 0.717) is 12.0 Å². The zero-order chi connectivity index (χ0) is 9.97. The average Bonchev–Trinajstić information content (AvgIpc) is 2.56. The van der Waals surface area contributed by atoms with Crippen molar-refractivity contribution in [3.8, 4) is 0 Å². The number of halogens is 1. The van der Waals surface area contributed by atoms with Crippen LogP contribution in [0.4, 0.5) is 4.39 Å². The maximum atomic E-state index is 13.2. The van der Waals surface area contributed by atoms with E-state index >= 15 is 0 Å². The summed E-state index contributed by atoms with van der Waals surface area (Å²) in [6, 6.07) is 8.67. The van der Waals surface area contributed by atoms with Crippen LogP contribution in [-0.2, 0) is 13.5 Å². The number of hydrogen-bond donors (Lipinski definition) is 0. The Hall–Kier alpha value is -1.64. The number of rotatable bonds is 2. The maximum absolute atomic E-state index is 13.2. The van der Waals surface area contributed by atoms with E-state index < -0.39 is 0 Å². The van der Waals surface area contributed by atoms with Gasteiger partial charge in [-0.1, -0.05) is 18.2 Å². The minimum Gasteiger partial charge on any atom is -0.276 e. The molecule has 0 N–H and O–H groups in total. The lowest BCUT2D eigenvalue weighted by atomic mass is 10.1. The van der Waals surface area contributed by atoms with E-state index in [1.165, 1.54) is 6.07 Å². The molecule has 0 radical (unpaired) electrons. The van der Waals surface area contributed by atoms with E-state index in [2.05, 4.69) is 5.10 Å². The average molecular weight is 190 g/mol. The second-order valence-electron chi connectivity index (χ2n) is 3.25. The Morgan fingerprint density at radius 1 is 1.29 bits per heavy atom. The second kappa shape index (κ2) is 3.62. The van der Waals surface area contributed by atoms with Crippen LogP contribution >= 0.6 is 0 Å². The largest absolute Gasteiger partial charge is 0.276 e. The highest BCUT2D eigenvalue weighted by Gasteiger charge is 2.03. The van der Waals surface area contributed by atoms with Crippen molar-refractivity contribution in [1.29, 1.82) is 0 Å². The molecule has 2 nitrogen and oxygen atoms in total. The van der Waals surface area contributed by atoms with E-state index in [9.17, 15) is 4.39 Å². The molecule has 1 heterocycles. The van der Waals surface area contributed by atoms with Crippen molar-refractivity contribution in [2.45, 2.75) is 6.42 Å². The van der Waals surface area contributed by atoms with Gasteiger partial charge in [0.15, 0.2) is 0 Å². The first-order valence-corrected chi connectivity index (χ1v) is 4.47. The first kappa shape index (κ1) is 8.94. The molecule has 0 spiro atoms. The van der Waals surface area contributed by atoms with Gasteiger partial charge in [-0.15, -0.1) is 0 Å². The van der Waals surface area contributed by atoms with Gasteiger partial charge < -0.3 is 0 Å². The molecular formula is C11H11FN2. The lowest BCUT2D eigenvalue weighted by Gasteiger charge is -1.99. The molecule has 2 rings (SSSR count). The van der Waals surface area contributed by atoms with Crippen molar-refractivity contribution in [3.63, 3.8) is 0 Å². The summed E-state index contributed by atoms with van der Waals surface area (Å²) in [4.78, 5) is 0. The predicted molar refractivity (Wildman–Crippen MR) is 52.4 cm³/mol. The summed E-state index contributed by atoms with van der Waals surface area (Å²) in [6.45, 7) is 0. The monoisotopic (exact) mass is 190 g/mol. The van der Waals surface area contributed by atoms with Crippen LogP contribution in [0.25, 0.3) is 0 Å². The van der Waals surface area contributed by atoms with Gasteiger partial charge in [-0.25, -0.2) is 4.39 Å². The van der Waals surface area contributed by atoms with E-state index in [-0.39, 0.29) is 5.82 Å². The molecular weight excluding hydrogens is 179 g/mol. The quantitative estimate of drug-likeness (QED) is 0.709. The van der Waals surface area contributed by atoms with Gasteiger partial charge in [-0.3, -0.25) is 4.68 Å². The van der Waals surface area contributed by atoms with E-state index in [0.717, 1.165) is 5.69 Å². The van der Waals surface area contributed by atoms with Crippen LogP contribution in [0, 0.1) is 5.82 Å². The standard InChI is InChI=1S/C11H11FN2/c1-14-7-6-10(13-14)8-9-4-2-3-5-11(9)12/h2-7H,8H2,1H3. The van der Waals surface area contributed by atoms with Crippen LogP contribution in [0.5, 0.6) is 0 Å². The summed E-state index contributed by atoms with van der Waals surface area (Å²) in [5.41, 5.74) is 1.57. The molecule has 0 aliphatic carbocycles. The molecule has 0 saturated carbocycles. The first-order chi connectivity index (χ1) is 6.75. The van der Waals surface area contributed by atoms with Crippen LogP contribution in [0.1, 0.15) is 11.3 Å². The molecule has 1 aromatic heterocycles. The summed E-state index contributed by atoms with van der Waals surface area (Å²) >= 11 is 0. The zero-order valence-corrected chi connectivity index (χ0v) is 7.94. The first-order valence-electron chi connectivity index (χ1n) is 4.47. The molecule has 0 atom stereocenters. The summed E-state index contributed by atoms with van der Waals surface area (Å²) in [5.74, 6) is -0.168. The Labute approximate surface area is 82.0 Å². The van der Waals surface area contributed by atoms with Crippen LogP contribution < -0.4 is 0 Å². The zero-order valence-electron chi connectivity index (χ0n) is 7.94. The van der Waals surface area contributed by atoms with Crippen LogP contribution in [0.2, 0.25) is 0 Å². The summed E-state index contributed by atoms with van der Waals surface area (Å²) in [5, 5.41) is 4.20. The fourth-order valence-corrected chi connectivity index (χ4v) is 1.39. The van der Waals surface area contributed by atoms with Gasteiger partial charge in [-0.2, -0.15) is 5.10 Å². The number of nitrogens with zero attached hydrogens (tertiary/aromatic N) is 2. The molecule has 14 heavy (non-hydrogen) atoms. The van der Waals surface area contributed by atoms with Gasteiger partial charge in [0.25, 0.3) is 0 Å². The molecule has 0 fully saturated rings. The molecule has 72 valence electrons. The smallest absolute Gasteiger partial charge is 0.126 e. The molecule has 0 unspecified atom stereocenters. The van der Waals surface area contributed by atoms with Crippen molar-refractivity contribution in [3.05, 3.63) is 53.6 Å². The minimum absolute atomic E-state index is 0.168. The summed E-state index contributed by atoms with van der Waals surface area (Å²) in [7, 11) is 1.85. The fraction of sp³-hybridized carbons (Fsp3) is 0.182. The van der Waals surface area contributed by atoms with E-state index in [4.69, 9.17) is 0 Å². The van der Waals surface area contributed by atoms with Crippen LogP contribution in [-0.4, -0.2) is 9.78 Å². The van der Waals surface area contributed by atoms with Crippen molar-refractivity contribution >= 4 is 0 Å². The van der Waals surface area contributed by atoms with Crippen molar-refractivity contribution in [2.75, 3.05) is 0 Å². The fourth-order valence-electron chi connectivity index (χ4n) is 1.39. The number of aryl methyl sites for hydroxylation is 1.